The van der Waals surface area contributed by atoms with Crippen LogP contribution in [0.25, 0.3) is 0 Å². The smallest absolute Gasteiger partial charge is 0.243 e. The Morgan fingerprint density at radius 3 is 2.34 bits per heavy atom. The van der Waals surface area contributed by atoms with Crippen molar-refractivity contribution in [1.82, 2.24) is 9.21 Å². The van der Waals surface area contributed by atoms with Gasteiger partial charge in [-0.05, 0) is 54.8 Å². The number of hydrogen-bond acceptors (Lipinski definition) is 4. The molecule has 2 aromatic rings. The fraction of sp³-hybridized carbons (Fsp3) is 0.333. The number of rotatable bonds is 5. The predicted molar refractivity (Wildman–Crippen MR) is 106 cm³/mol. The van der Waals surface area contributed by atoms with Crippen LogP contribution in [0.5, 0.6) is 0 Å². The lowest BCUT2D eigenvalue weighted by Gasteiger charge is -2.22. The van der Waals surface area contributed by atoms with E-state index in [4.69, 9.17) is 5.26 Å². The molecule has 1 aliphatic heterocycles. The van der Waals surface area contributed by atoms with E-state index in [9.17, 15) is 17.6 Å². The monoisotopic (exact) mass is 415 g/mol. The van der Waals surface area contributed by atoms with E-state index in [1.54, 1.807) is 17.0 Å². The highest BCUT2D eigenvalue weighted by atomic mass is 32.2. The van der Waals surface area contributed by atoms with Gasteiger partial charge < -0.3 is 4.90 Å². The molecular weight excluding hydrogens is 393 g/mol. The number of nitrogens with zero attached hydrogens (tertiary/aromatic N) is 3. The molecule has 1 saturated heterocycles. The van der Waals surface area contributed by atoms with Crippen molar-refractivity contribution in [2.45, 2.75) is 24.2 Å². The van der Waals surface area contributed by atoms with Gasteiger partial charge in [0, 0.05) is 32.6 Å². The molecule has 0 N–H and O–H groups in total. The molecule has 0 saturated carbocycles. The van der Waals surface area contributed by atoms with E-state index in [-0.39, 0.29) is 17.3 Å². The minimum atomic E-state index is -3.71. The number of amides is 1. The van der Waals surface area contributed by atoms with Gasteiger partial charge >= 0.3 is 0 Å². The summed E-state index contributed by atoms with van der Waals surface area (Å²) < 4.78 is 40.0. The third-order valence-corrected chi connectivity index (χ3v) is 6.88. The molecule has 2 aromatic carbocycles. The lowest BCUT2D eigenvalue weighted by atomic mass is 10.1. The second kappa shape index (κ2) is 9.16. The van der Waals surface area contributed by atoms with Crippen LogP contribution in [0.2, 0.25) is 0 Å². The molecule has 6 nitrogen and oxygen atoms in total. The van der Waals surface area contributed by atoms with E-state index in [0.717, 1.165) is 17.7 Å². The fourth-order valence-corrected chi connectivity index (χ4v) is 4.76. The number of aryl methyl sites for hydroxylation is 1. The van der Waals surface area contributed by atoms with Gasteiger partial charge in [0.05, 0.1) is 16.5 Å². The van der Waals surface area contributed by atoms with E-state index in [1.807, 2.05) is 12.1 Å². The standard InChI is InChI=1S/C21H22FN3O3S/c22-19-7-9-20(10-8-19)29(27,28)25-13-1-12-24(14-15-25)21(26)11-6-17-2-4-18(16-23)5-3-17/h2-5,7-10H,1,6,11-15H2. The van der Waals surface area contributed by atoms with Crippen LogP contribution in [0.1, 0.15) is 24.0 Å². The van der Waals surface area contributed by atoms with Crippen molar-refractivity contribution in [2.24, 2.45) is 0 Å². The largest absolute Gasteiger partial charge is 0.341 e. The number of halogens is 1. The van der Waals surface area contributed by atoms with Gasteiger partial charge in [0.25, 0.3) is 0 Å². The lowest BCUT2D eigenvalue weighted by molar-refractivity contribution is -0.131. The van der Waals surface area contributed by atoms with Crippen LogP contribution < -0.4 is 0 Å². The summed E-state index contributed by atoms with van der Waals surface area (Å²) in [5.74, 6) is -0.505. The zero-order valence-electron chi connectivity index (χ0n) is 15.9. The zero-order valence-corrected chi connectivity index (χ0v) is 16.7. The summed E-state index contributed by atoms with van der Waals surface area (Å²) in [6.45, 7) is 1.36. The third kappa shape index (κ3) is 5.19. The third-order valence-electron chi connectivity index (χ3n) is 4.97. The molecule has 0 radical (unpaired) electrons. The zero-order chi connectivity index (χ0) is 20.9. The van der Waals surface area contributed by atoms with E-state index in [1.165, 1.54) is 16.4 Å². The Morgan fingerprint density at radius 2 is 1.69 bits per heavy atom. The number of benzene rings is 2. The van der Waals surface area contributed by atoms with Gasteiger partial charge in [-0.25, -0.2) is 12.8 Å². The summed E-state index contributed by atoms with van der Waals surface area (Å²) in [6, 6.07) is 14.0. The SMILES string of the molecule is N#Cc1ccc(CCC(=O)N2CCCN(S(=O)(=O)c3ccc(F)cc3)CC2)cc1. The normalized spacial score (nSPS) is 15.5. The van der Waals surface area contributed by atoms with Crippen molar-refractivity contribution in [3.63, 3.8) is 0 Å². The fourth-order valence-electron chi connectivity index (χ4n) is 3.29. The number of carbonyl (C=O) groups is 1. The van der Waals surface area contributed by atoms with Crippen molar-refractivity contribution in [1.29, 1.82) is 5.26 Å². The summed E-state index contributed by atoms with van der Waals surface area (Å²) in [7, 11) is -3.71. The maximum Gasteiger partial charge on any atom is 0.243 e. The van der Waals surface area contributed by atoms with Crippen LogP contribution in [-0.2, 0) is 21.2 Å². The van der Waals surface area contributed by atoms with Gasteiger partial charge in [-0.15, -0.1) is 0 Å². The van der Waals surface area contributed by atoms with Gasteiger partial charge in [-0.2, -0.15) is 9.57 Å². The summed E-state index contributed by atoms with van der Waals surface area (Å²) in [5, 5.41) is 8.83. The minimum Gasteiger partial charge on any atom is -0.341 e. The first-order valence-corrected chi connectivity index (χ1v) is 10.9. The van der Waals surface area contributed by atoms with Crippen molar-refractivity contribution < 1.29 is 17.6 Å². The van der Waals surface area contributed by atoms with E-state index < -0.39 is 15.8 Å². The molecule has 0 atom stereocenters. The van der Waals surface area contributed by atoms with Crippen molar-refractivity contribution in [3.05, 3.63) is 65.5 Å². The van der Waals surface area contributed by atoms with Crippen molar-refractivity contribution in [2.75, 3.05) is 26.2 Å². The average molecular weight is 415 g/mol. The van der Waals surface area contributed by atoms with Crippen LogP contribution in [0.3, 0.4) is 0 Å². The Labute approximate surface area is 170 Å². The molecule has 0 unspecified atom stereocenters. The molecule has 1 aliphatic rings. The van der Waals surface area contributed by atoms with E-state index in [0.29, 0.717) is 44.5 Å². The number of sulfonamides is 1. The molecule has 152 valence electrons. The highest BCUT2D eigenvalue weighted by Gasteiger charge is 2.28. The van der Waals surface area contributed by atoms with Crippen molar-refractivity contribution in [3.8, 4) is 6.07 Å². The first-order chi connectivity index (χ1) is 13.9. The first kappa shape index (κ1) is 21.0. The molecule has 0 aliphatic carbocycles. The number of nitriles is 1. The molecule has 1 amide bonds. The molecule has 3 rings (SSSR count). The number of hydrogen-bond donors (Lipinski definition) is 0. The highest BCUT2D eigenvalue weighted by molar-refractivity contribution is 7.89. The topological polar surface area (TPSA) is 81.5 Å². The van der Waals surface area contributed by atoms with Gasteiger partial charge in [0.2, 0.25) is 15.9 Å². The van der Waals surface area contributed by atoms with Crippen LogP contribution in [0.4, 0.5) is 4.39 Å². The number of carbonyl (C=O) groups excluding carboxylic acids is 1. The highest BCUT2D eigenvalue weighted by Crippen LogP contribution is 2.18. The van der Waals surface area contributed by atoms with E-state index >= 15 is 0 Å². The Bertz CT molecular complexity index is 999. The van der Waals surface area contributed by atoms with Crippen molar-refractivity contribution >= 4 is 15.9 Å². The van der Waals surface area contributed by atoms with Gasteiger partial charge in [0.15, 0.2) is 0 Å². The average Bonchev–Trinajstić information content (AvgIpc) is 2.99. The Kier molecular flexibility index (Phi) is 6.62. The predicted octanol–water partition coefficient (Wildman–Crippen LogP) is 2.55. The van der Waals surface area contributed by atoms with Gasteiger partial charge in [-0.3, -0.25) is 4.79 Å². The van der Waals surface area contributed by atoms with Crippen LogP contribution in [-0.4, -0.2) is 49.7 Å². The van der Waals surface area contributed by atoms with Gasteiger partial charge in [0.1, 0.15) is 5.82 Å². The maximum atomic E-state index is 13.1. The second-order valence-electron chi connectivity index (χ2n) is 6.90. The lowest BCUT2D eigenvalue weighted by Crippen LogP contribution is -2.37. The van der Waals surface area contributed by atoms with Crippen LogP contribution >= 0.6 is 0 Å². The summed E-state index contributed by atoms with van der Waals surface area (Å²) in [4.78, 5) is 14.3. The molecule has 29 heavy (non-hydrogen) atoms. The molecule has 0 aromatic heterocycles. The molecular formula is C21H22FN3O3S. The van der Waals surface area contributed by atoms with Gasteiger partial charge in [-0.1, -0.05) is 12.1 Å². The first-order valence-electron chi connectivity index (χ1n) is 9.43. The Morgan fingerprint density at radius 1 is 1.00 bits per heavy atom. The Balaban J connectivity index is 1.58. The molecule has 1 fully saturated rings. The molecule has 8 heteroatoms. The summed E-state index contributed by atoms with van der Waals surface area (Å²) in [6.07, 6.45) is 1.44. The molecule has 0 bridgehead atoms. The molecule has 0 spiro atoms. The Hall–Kier alpha value is -2.76. The summed E-state index contributed by atoms with van der Waals surface area (Å²) in [5.41, 5.74) is 1.56. The molecule has 1 heterocycles. The maximum absolute atomic E-state index is 13.1. The van der Waals surface area contributed by atoms with Crippen LogP contribution in [0, 0.1) is 17.1 Å². The van der Waals surface area contributed by atoms with Crippen LogP contribution in [0.15, 0.2) is 53.4 Å². The quantitative estimate of drug-likeness (QED) is 0.752. The summed E-state index contributed by atoms with van der Waals surface area (Å²) >= 11 is 0. The minimum absolute atomic E-state index is 0.0182. The van der Waals surface area contributed by atoms with E-state index in [2.05, 4.69) is 6.07 Å². The second-order valence-corrected chi connectivity index (χ2v) is 8.84.